The Bertz CT molecular complexity index is 1270. The van der Waals surface area contributed by atoms with E-state index in [1.165, 1.54) is 0 Å². The summed E-state index contributed by atoms with van der Waals surface area (Å²) in [5, 5.41) is 5.94. The fraction of sp³-hybridized carbons (Fsp3) is 0.0909. The molecule has 3 aromatic heterocycles. The number of aromatic nitrogens is 2. The molecule has 6 heteroatoms. The molecule has 1 N–H and O–H groups in total. The summed E-state index contributed by atoms with van der Waals surface area (Å²) < 4.78 is 7.58. The van der Waals surface area contributed by atoms with Crippen molar-refractivity contribution in [1.82, 2.24) is 9.38 Å². The van der Waals surface area contributed by atoms with E-state index in [0.717, 1.165) is 44.0 Å². The predicted octanol–water partition coefficient (Wildman–Crippen LogP) is 5.30. The number of furan rings is 1. The molecule has 5 aromatic rings. The summed E-state index contributed by atoms with van der Waals surface area (Å²) in [6.45, 7) is 2.02. The molecule has 138 valence electrons. The van der Waals surface area contributed by atoms with E-state index >= 15 is 0 Å². The third kappa shape index (κ3) is 3.08. The highest BCUT2D eigenvalue weighted by molar-refractivity contribution is 7.15. The lowest BCUT2D eigenvalue weighted by molar-refractivity contribution is -0.115. The molecule has 0 saturated heterocycles. The number of fused-ring (bicyclic) bond motifs is 2. The highest BCUT2D eigenvalue weighted by atomic mass is 32.1. The number of aryl methyl sites for hydroxylation is 1. The maximum atomic E-state index is 12.5. The van der Waals surface area contributed by atoms with Gasteiger partial charge in [-0.1, -0.05) is 24.3 Å². The smallest absolute Gasteiger partial charge is 0.228 e. The summed E-state index contributed by atoms with van der Waals surface area (Å²) in [7, 11) is 0. The molecule has 2 aromatic carbocycles. The average molecular weight is 387 g/mol. The van der Waals surface area contributed by atoms with Crippen molar-refractivity contribution >= 4 is 38.9 Å². The van der Waals surface area contributed by atoms with Crippen molar-refractivity contribution < 1.29 is 9.21 Å². The number of carbonyl (C=O) groups is 1. The highest BCUT2D eigenvalue weighted by Gasteiger charge is 2.11. The molecule has 0 atom stereocenters. The maximum absolute atomic E-state index is 12.5. The number of imidazole rings is 1. The number of thiazole rings is 1. The average Bonchev–Trinajstić information content (AvgIpc) is 3.37. The minimum atomic E-state index is -0.0708. The summed E-state index contributed by atoms with van der Waals surface area (Å²) >= 11 is 1.60. The zero-order valence-corrected chi connectivity index (χ0v) is 16.0. The van der Waals surface area contributed by atoms with Crippen LogP contribution in [0.1, 0.15) is 11.1 Å². The van der Waals surface area contributed by atoms with Gasteiger partial charge in [0.25, 0.3) is 0 Å². The van der Waals surface area contributed by atoms with E-state index in [4.69, 9.17) is 4.42 Å². The van der Waals surface area contributed by atoms with Gasteiger partial charge in [-0.3, -0.25) is 9.20 Å². The Morgan fingerprint density at radius 1 is 1.21 bits per heavy atom. The van der Waals surface area contributed by atoms with Gasteiger partial charge in [0.15, 0.2) is 4.96 Å². The molecule has 0 unspecified atom stereocenters. The molecule has 5 rings (SSSR count). The Labute approximate surface area is 165 Å². The van der Waals surface area contributed by atoms with Crippen LogP contribution in [0.2, 0.25) is 0 Å². The SMILES string of the molecule is Cc1ccc2c(CC(=O)Nc3ccc(-c4cn5ccsc5n4)cc3)coc2c1. The molecule has 1 amide bonds. The third-order valence-electron chi connectivity index (χ3n) is 4.72. The molecule has 0 bridgehead atoms. The van der Waals surface area contributed by atoms with Gasteiger partial charge in [0, 0.05) is 40.0 Å². The third-order valence-corrected chi connectivity index (χ3v) is 5.49. The quantitative estimate of drug-likeness (QED) is 0.455. The normalized spacial score (nSPS) is 11.3. The van der Waals surface area contributed by atoms with Gasteiger partial charge in [-0.15, -0.1) is 11.3 Å². The van der Waals surface area contributed by atoms with E-state index in [9.17, 15) is 4.79 Å². The number of rotatable bonds is 4. The second-order valence-corrected chi connectivity index (χ2v) is 7.65. The van der Waals surface area contributed by atoms with E-state index in [0.29, 0.717) is 0 Å². The number of nitrogens with one attached hydrogen (secondary N) is 1. The molecule has 28 heavy (non-hydrogen) atoms. The van der Waals surface area contributed by atoms with Crippen molar-refractivity contribution in [2.24, 2.45) is 0 Å². The summed E-state index contributed by atoms with van der Waals surface area (Å²) in [4.78, 5) is 18.0. The van der Waals surface area contributed by atoms with Gasteiger partial charge in [-0.2, -0.15) is 0 Å². The van der Waals surface area contributed by atoms with Gasteiger partial charge >= 0.3 is 0 Å². The van der Waals surface area contributed by atoms with Crippen LogP contribution in [0.15, 0.2) is 70.9 Å². The summed E-state index contributed by atoms with van der Waals surface area (Å²) in [5.41, 5.74) is 5.54. The Morgan fingerprint density at radius 2 is 2.07 bits per heavy atom. The fourth-order valence-electron chi connectivity index (χ4n) is 3.30. The van der Waals surface area contributed by atoms with Gasteiger partial charge in [-0.25, -0.2) is 4.98 Å². The van der Waals surface area contributed by atoms with Crippen molar-refractivity contribution in [3.05, 3.63) is 77.6 Å². The zero-order chi connectivity index (χ0) is 19.1. The molecular formula is C22H17N3O2S. The molecule has 3 heterocycles. The van der Waals surface area contributed by atoms with Crippen molar-refractivity contribution in [2.75, 3.05) is 5.32 Å². The number of carbonyl (C=O) groups excluding carboxylic acids is 1. The van der Waals surface area contributed by atoms with Crippen LogP contribution in [0.3, 0.4) is 0 Å². The highest BCUT2D eigenvalue weighted by Crippen LogP contribution is 2.25. The molecule has 0 spiro atoms. The van der Waals surface area contributed by atoms with Crippen molar-refractivity contribution in [3.63, 3.8) is 0 Å². The Balaban J connectivity index is 1.30. The van der Waals surface area contributed by atoms with Gasteiger partial charge in [0.05, 0.1) is 18.4 Å². The van der Waals surface area contributed by atoms with Crippen LogP contribution in [0, 0.1) is 6.92 Å². The van der Waals surface area contributed by atoms with Crippen molar-refractivity contribution in [3.8, 4) is 11.3 Å². The van der Waals surface area contributed by atoms with Crippen LogP contribution in [0.4, 0.5) is 5.69 Å². The lowest BCUT2D eigenvalue weighted by Gasteiger charge is -2.05. The number of hydrogen-bond donors (Lipinski definition) is 1. The topological polar surface area (TPSA) is 59.5 Å². The van der Waals surface area contributed by atoms with Crippen LogP contribution in [0.25, 0.3) is 27.2 Å². The standard InChI is InChI=1S/C22H17N3O2S/c1-14-2-7-18-16(13-27-20(18)10-14)11-21(26)23-17-5-3-15(4-6-17)19-12-25-8-9-28-22(25)24-19/h2-10,12-13H,11H2,1H3,(H,23,26). The van der Waals surface area contributed by atoms with E-state index < -0.39 is 0 Å². The van der Waals surface area contributed by atoms with Crippen LogP contribution >= 0.6 is 11.3 Å². The van der Waals surface area contributed by atoms with E-state index in [2.05, 4.69) is 10.3 Å². The van der Waals surface area contributed by atoms with Crippen LogP contribution in [0.5, 0.6) is 0 Å². The van der Waals surface area contributed by atoms with Crippen LogP contribution in [-0.4, -0.2) is 15.3 Å². The number of nitrogens with zero attached hydrogens (tertiary/aromatic N) is 2. The number of hydrogen-bond acceptors (Lipinski definition) is 4. The first-order chi connectivity index (χ1) is 13.7. The Morgan fingerprint density at radius 3 is 2.89 bits per heavy atom. The second-order valence-electron chi connectivity index (χ2n) is 6.78. The number of anilines is 1. The molecule has 0 radical (unpaired) electrons. The van der Waals surface area contributed by atoms with Crippen LogP contribution in [-0.2, 0) is 11.2 Å². The van der Waals surface area contributed by atoms with Gasteiger partial charge in [0.2, 0.25) is 5.91 Å². The van der Waals surface area contributed by atoms with Crippen molar-refractivity contribution in [1.29, 1.82) is 0 Å². The molecular weight excluding hydrogens is 370 g/mol. The number of benzene rings is 2. The summed E-state index contributed by atoms with van der Waals surface area (Å²) in [6, 6.07) is 13.8. The van der Waals surface area contributed by atoms with Crippen molar-refractivity contribution in [2.45, 2.75) is 13.3 Å². The fourth-order valence-corrected chi connectivity index (χ4v) is 4.00. The Kier molecular flexibility index (Phi) is 3.98. The minimum absolute atomic E-state index is 0.0708. The van der Waals surface area contributed by atoms with Gasteiger partial charge < -0.3 is 9.73 Å². The molecule has 0 aliphatic carbocycles. The summed E-state index contributed by atoms with van der Waals surface area (Å²) in [5.74, 6) is -0.0708. The monoisotopic (exact) mass is 387 g/mol. The van der Waals surface area contributed by atoms with E-state index in [-0.39, 0.29) is 12.3 Å². The van der Waals surface area contributed by atoms with Gasteiger partial charge in [0.1, 0.15) is 5.58 Å². The first-order valence-electron chi connectivity index (χ1n) is 8.95. The minimum Gasteiger partial charge on any atom is -0.464 e. The lowest BCUT2D eigenvalue weighted by atomic mass is 10.1. The second kappa shape index (κ2) is 6.65. The Hall–Kier alpha value is -3.38. The van der Waals surface area contributed by atoms with E-state index in [1.54, 1.807) is 17.6 Å². The number of amides is 1. The predicted molar refractivity (Wildman–Crippen MR) is 112 cm³/mol. The van der Waals surface area contributed by atoms with Crippen LogP contribution < -0.4 is 5.32 Å². The molecule has 0 aliphatic heterocycles. The molecule has 0 aliphatic rings. The molecule has 0 saturated carbocycles. The first-order valence-corrected chi connectivity index (χ1v) is 9.83. The maximum Gasteiger partial charge on any atom is 0.228 e. The first kappa shape index (κ1) is 16.8. The zero-order valence-electron chi connectivity index (χ0n) is 15.2. The summed E-state index contributed by atoms with van der Waals surface area (Å²) in [6.07, 6.45) is 5.93. The molecule has 0 fully saturated rings. The largest absolute Gasteiger partial charge is 0.464 e. The van der Waals surface area contributed by atoms with E-state index in [1.807, 2.05) is 71.6 Å². The molecule has 5 nitrogen and oxygen atoms in total. The van der Waals surface area contributed by atoms with Gasteiger partial charge in [-0.05, 0) is 30.7 Å². The lowest BCUT2D eigenvalue weighted by Crippen LogP contribution is -2.14.